The number of hydrogen-bond acceptors (Lipinski definition) is 3. The largest absolute Gasteiger partial charge is 0.345 e. The fourth-order valence-electron chi connectivity index (χ4n) is 2.01. The number of carbonyl (C=O) groups excluding carboxylic acids is 2. The minimum Gasteiger partial charge on any atom is -0.345 e. The summed E-state index contributed by atoms with van der Waals surface area (Å²) in [4.78, 5) is 26.9. The summed E-state index contributed by atoms with van der Waals surface area (Å²) in [6.45, 7) is 1.84. The van der Waals surface area contributed by atoms with Crippen molar-refractivity contribution in [1.29, 1.82) is 0 Å². The quantitative estimate of drug-likeness (QED) is 0.812. The van der Waals surface area contributed by atoms with E-state index in [9.17, 15) is 9.59 Å². The van der Waals surface area contributed by atoms with E-state index in [4.69, 9.17) is 11.6 Å². The van der Waals surface area contributed by atoms with Gasteiger partial charge in [-0.25, -0.2) is 0 Å². The summed E-state index contributed by atoms with van der Waals surface area (Å²) in [5.41, 5.74) is 0.915. The van der Waals surface area contributed by atoms with Crippen LogP contribution < -0.4 is 5.32 Å². The number of nitrogens with one attached hydrogen (secondary N) is 1. The predicted octanol–water partition coefficient (Wildman–Crippen LogP) is 4.16. The lowest BCUT2D eigenvalue weighted by atomic mass is 10.1. The van der Waals surface area contributed by atoms with Crippen LogP contribution in [0.15, 0.2) is 53.4 Å². The molecule has 1 unspecified atom stereocenters. The molecule has 2 aromatic rings. The molecule has 0 radical (unpaired) electrons. The van der Waals surface area contributed by atoms with Crippen LogP contribution in [-0.2, 0) is 4.79 Å². The summed E-state index contributed by atoms with van der Waals surface area (Å²) in [6.07, 6.45) is 0. The molecular weight excluding hydrogens is 344 g/mol. The number of carbonyl (C=O) groups is 2. The molecule has 126 valence electrons. The normalized spacial score (nSPS) is 11.7. The van der Waals surface area contributed by atoms with Gasteiger partial charge in [0.2, 0.25) is 5.91 Å². The van der Waals surface area contributed by atoms with Crippen molar-refractivity contribution in [3.05, 3.63) is 59.1 Å². The van der Waals surface area contributed by atoms with Crippen molar-refractivity contribution in [2.75, 3.05) is 19.4 Å². The van der Waals surface area contributed by atoms with Gasteiger partial charge >= 0.3 is 0 Å². The van der Waals surface area contributed by atoms with Crippen molar-refractivity contribution in [2.24, 2.45) is 0 Å². The Kier molecular flexibility index (Phi) is 6.29. The lowest BCUT2D eigenvalue weighted by Gasteiger charge is -2.15. The van der Waals surface area contributed by atoms with Crippen LogP contribution in [0.3, 0.4) is 0 Å². The van der Waals surface area contributed by atoms with Gasteiger partial charge < -0.3 is 10.2 Å². The molecule has 0 heterocycles. The third-order valence-electron chi connectivity index (χ3n) is 3.30. The highest BCUT2D eigenvalue weighted by atomic mass is 35.5. The standard InChI is InChI=1S/C18H19ClN2O2S/c1-12(24-14-7-5-4-6-8-14)17(22)20-13-9-10-16(19)15(11-13)18(23)21(2)3/h4-12H,1-3H3,(H,20,22). The molecule has 6 heteroatoms. The van der Waals surface area contributed by atoms with E-state index in [1.165, 1.54) is 16.7 Å². The maximum absolute atomic E-state index is 12.4. The van der Waals surface area contributed by atoms with E-state index in [0.717, 1.165) is 4.90 Å². The first-order valence-corrected chi connectivity index (χ1v) is 8.68. The first-order chi connectivity index (χ1) is 11.4. The van der Waals surface area contributed by atoms with Gasteiger partial charge in [-0.2, -0.15) is 0 Å². The Morgan fingerprint density at radius 3 is 2.42 bits per heavy atom. The number of nitrogens with zero attached hydrogens (tertiary/aromatic N) is 1. The SMILES string of the molecule is CC(Sc1ccccc1)C(=O)Nc1ccc(Cl)c(C(=O)N(C)C)c1. The van der Waals surface area contributed by atoms with Crippen LogP contribution in [0.2, 0.25) is 5.02 Å². The zero-order valence-electron chi connectivity index (χ0n) is 13.7. The van der Waals surface area contributed by atoms with Gasteiger partial charge in [0.1, 0.15) is 0 Å². The Bertz CT molecular complexity index is 735. The first-order valence-electron chi connectivity index (χ1n) is 7.42. The van der Waals surface area contributed by atoms with Gasteiger partial charge in [-0.1, -0.05) is 29.8 Å². The number of thioether (sulfide) groups is 1. The van der Waals surface area contributed by atoms with E-state index in [1.807, 2.05) is 37.3 Å². The molecule has 2 aromatic carbocycles. The summed E-state index contributed by atoms with van der Waals surface area (Å²) in [7, 11) is 3.31. The minimum absolute atomic E-state index is 0.130. The van der Waals surface area contributed by atoms with E-state index >= 15 is 0 Å². The number of halogens is 1. The second-order valence-corrected chi connectivity index (χ2v) is 7.28. The predicted molar refractivity (Wildman–Crippen MR) is 99.9 cm³/mol. The van der Waals surface area contributed by atoms with E-state index in [0.29, 0.717) is 16.3 Å². The molecule has 0 aliphatic heterocycles. The summed E-state index contributed by atoms with van der Waals surface area (Å²) >= 11 is 7.55. The van der Waals surface area contributed by atoms with E-state index < -0.39 is 0 Å². The highest BCUT2D eigenvalue weighted by Crippen LogP contribution is 2.25. The number of hydrogen-bond donors (Lipinski definition) is 1. The van der Waals surface area contributed by atoms with Crippen LogP contribution in [0.1, 0.15) is 17.3 Å². The fourth-order valence-corrected chi connectivity index (χ4v) is 3.10. The van der Waals surface area contributed by atoms with Gasteiger partial charge in [0.25, 0.3) is 5.91 Å². The van der Waals surface area contributed by atoms with Gasteiger partial charge in [0, 0.05) is 24.7 Å². The Labute approximate surface area is 151 Å². The average Bonchev–Trinajstić information content (AvgIpc) is 2.56. The molecule has 0 fully saturated rings. The average molecular weight is 363 g/mol. The zero-order valence-corrected chi connectivity index (χ0v) is 15.3. The van der Waals surface area contributed by atoms with Crippen LogP contribution in [0.25, 0.3) is 0 Å². The monoisotopic (exact) mass is 362 g/mol. The van der Waals surface area contributed by atoms with Gasteiger partial charge in [-0.3, -0.25) is 9.59 Å². The second kappa shape index (κ2) is 8.22. The Morgan fingerprint density at radius 1 is 1.12 bits per heavy atom. The van der Waals surface area contributed by atoms with Crippen molar-refractivity contribution in [2.45, 2.75) is 17.1 Å². The topological polar surface area (TPSA) is 49.4 Å². The molecule has 0 spiro atoms. The van der Waals surface area contributed by atoms with Crippen LogP contribution in [0, 0.1) is 0 Å². The number of rotatable bonds is 5. The van der Waals surface area contributed by atoms with E-state index in [2.05, 4.69) is 5.32 Å². The van der Waals surface area contributed by atoms with E-state index in [1.54, 1.807) is 32.3 Å². The number of benzene rings is 2. The maximum atomic E-state index is 12.4. The lowest BCUT2D eigenvalue weighted by Crippen LogP contribution is -2.24. The minimum atomic E-state index is -0.268. The van der Waals surface area contributed by atoms with Crippen molar-refractivity contribution in [3.8, 4) is 0 Å². The van der Waals surface area contributed by atoms with Gasteiger partial charge in [0.05, 0.1) is 15.8 Å². The van der Waals surface area contributed by atoms with Crippen molar-refractivity contribution < 1.29 is 9.59 Å². The van der Waals surface area contributed by atoms with Gasteiger partial charge in [-0.05, 0) is 37.3 Å². The van der Waals surface area contributed by atoms with Crippen LogP contribution in [0.4, 0.5) is 5.69 Å². The molecule has 0 saturated carbocycles. The summed E-state index contributed by atoms with van der Waals surface area (Å²) < 4.78 is 0. The molecule has 4 nitrogen and oxygen atoms in total. The maximum Gasteiger partial charge on any atom is 0.254 e. The Hall–Kier alpha value is -1.98. The van der Waals surface area contributed by atoms with Crippen molar-refractivity contribution in [3.63, 3.8) is 0 Å². The van der Waals surface area contributed by atoms with Crippen molar-refractivity contribution in [1.82, 2.24) is 4.90 Å². The van der Waals surface area contributed by atoms with E-state index in [-0.39, 0.29) is 17.1 Å². The van der Waals surface area contributed by atoms with Gasteiger partial charge in [-0.15, -0.1) is 11.8 Å². The molecule has 2 rings (SSSR count). The third-order valence-corrected chi connectivity index (χ3v) is 4.74. The molecule has 24 heavy (non-hydrogen) atoms. The van der Waals surface area contributed by atoms with Gasteiger partial charge in [0.15, 0.2) is 0 Å². The summed E-state index contributed by atoms with van der Waals surface area (Å²) in [5, 5.41) is 2.93. The van der Waals surface area contributed by atoms with Crippen LogP contribution in [-0.4, -0.2) is 36.1 Å². The highest BCUT2D eigenvalue weighted by Gasteiger charge is 2.17. The summed E-state index contributed by atoms with van der Waals surface area (Å²) in [6, 6.07) is 14.6. The molecule has 0 aromatic heterocycles. The van der Waals surface area contributed by atoms with Crippen LogP contribution >= 0.6 is 23.4 Å². The molecule has 1 N–H and O–H groups in total. The molecule has 0 bridgehead atoms. The molecular formula is C18H19ClN2O2S. The second-order valence-electron chi connectivity index (χ2n) is 5.46. The number of amides is 2. The number of anilines is 1. The van der Waals surface area contributed by atoms with Crippen LogP contribution in [0.5, 0.6) is 0 Å². The first kappa shape index (κ1) is 18.4. The molecule has 0 saturated heterocycles. The highest BCUT2D eigenvalue weighted by molar-refractivity contribution is 8.00. The third kappa shape index (κ3) is 4.76. The summed E-state index contributed by atoms with van der Waals surface area (Å²) in [5.74, 6) is -0.336. The zero-order chi connectivity index (χ0) is 17.7. The Morgan fingerprint density at radius 2 is 1.79 bits per heavy atom. The molecule has 0 aliphatic carbocycles. The lowest BCUT2D eigenvalue weighted by molar-refractivity contribution is -0.115. The molecule has 0 aliphatic rings. The molecule has 2 amide bonds. The molecule has 1 atom stereocenters. The Balaban J connectivity index is 2.08. The van der Waals surface area contributed by atoms with Crippen molar-refractivity contribution >= 4 is 40.9 Å². The smallest absolute Gasteiger partial charge is 0.254 e. The fraction of sp³-hybridized carbons (Fsp3) is 0.222.